The summed E-state index contributed by atoms with van der Waals surface area (Å²) in [6, 6.07) is 0. The van der Waals surface area contributed by atoms with E-state index in [1.807, 2.05) is 34.6 Å². The van der Waals surface area contributed by atoms with Crippen molar-refractivity contribution in [3.05, 3.63) is 15.6 Å². The van der Waals surface area contributed by atoms with Crippen LogP contribution < -0.4 is 5.73 Å². The minimum atomic E-state index is -2.91. The van der Waals surface area contributed by atoms with Gasteiger partial charge in [-0.2, -0.15) is 8.78 Å². The monoisotopic (exact) mass is 262 g/mol. The van der Waals surface area contributed by atoms with E-state index in [1.165, 1.54) is 0 Å². The average molecular weight is 262 g/mol. The maximum atomic E-state index is 13.3. The van der Waals surface area contributed by atoms with E-state index in [-0.39, 0.29) is 10.4 Å². The number of alkyl halides is 2. The van der Waals surface area contributed by atoms with Gasteiger partial charge in [-0.1, -0.05) is 20.8 Å². The van der Waals surface area contributed by atoms with Crippen LogP contribution in [0.5, 0.6) is 0 Å². The molecular weight excluding hydrogens is 242 g/mol. The number of halogens is 2. The third-order valence-corrected chi connectivity index (χ3v) is 3.86. The van der Waals surface area contributed by atoms with Crippen molar-refractivity contribution in [1.82, 2.24) is 4.98 Å². The predicted octanol–water partition coefficient (Wildman–Crippen LogP) is 3.75. The van der Waals surface area contributed by atoms with Gasteiger partial charge in [-0.3, -0.25) is 0 Å². The molecule has 0 atom stereocenters. The summed E-state index contributed by atoms with van der Waals surface area (Å²) < 4.78 is 26.7. The molecule has 0 saturated heterocycles. The van der Waals surface area contributed by atoms with E-state index in [0.29, 0.717) is 5.69 Å². The highest BCUT2D eigenvalue weighted by molar-refractivity contribution is 7.12. The summed E-state index contributed by atoms with van der Waals surface area (Å²) in [6.45, 7) is 10.4. The average Bonchev–Trinajstić information content (AvgIpc) is 2.42. The molecule has 0 radical (unpaired) electrons. The molecule has 98 valence electrons. The van der Waals surface area contributed by atoms with Gasteiger partial charge in [0.1, 0.15) is 0 Å². The van der Waals surface area contributed by atoms with Crippen molar-refractivity contribution in [2.24, 2.45) is 5.73 Å². The van der Waals surface area contributed by atoms with Crippen molar-refractivity contribution in [3.8, 4) is 0 Å². The smallest absolute Gasteiger partial charge is 0.296 e. The number of hydrogen-bond acceptors (Lipinski definition) is 3. The molecular formula is C12H20F2N2S. The number of aromatic nitrogens is 1. The quantitative estimate of drug-likeness (QED) is 0.881. The second kappa shape index (κ2) is 3.99. The van der Waals surface area contributed by atoms with Crippen molar-refractivity contribution in [2.75, 3.05) is 0 Å². The van der Waals surface area contributed by atoms with Crippen LogP contribution in [-0.4, -0.2) is 4.98 Å². The minimum Gasteiger partial charge on any atom is -0.321 e. The maximum Gasteiger partial charge on any atom is 0.296 e. The standard InChI is InChI=1S/C12H20F2N2S/c1-10(2,3)7-8(11(4,5)15)17-9(16-7)12(6,13)14/h15H2,1-6H3. The predicted molar refractivity (Wildman–Crippen MR) is 67.6 cm³/mol. The molecule has 5 heteroatoms. The third-order valence-electron chi connectivity index (χ3n) is 2.30. The van der Waals surface area contributed by atoms with E-state index in [9.17, 15) is 8.78 Å². The Hall–Kier alpha value is -0.550. The van der Waals surface area contributed by atoms with E-state index >= 15 is 0 Å². The number of hydrogen-bond donors (Lipinski definition) is 1. The van der Waals surface area contributed by atoms with Gasteiger partial charge in [0.2, 0.25) is 0 Å². The zero-order chi connectivity index (χ0) is 13.6. The molecule has 2 nitrogen and oxygen atoms in total. The first kappa shape index (κ1) is 14.5. The molecule has 0 aliphatic carbocycles. The molecule has 0 saturated carbocycles. The Morgan fingerprint density at radius 2 is 1.53 bits per heavy atom. The van der Waals surface area contributed by atoms with Crippen LogP contribution in [0.3, 0.4) is 0 Å². The van der Waals surface area contributed by atoms with Gasteiger partial charge >= 0.3 is 0 Å². The van der Waals surface area contributed by atoms with Gasteiger partial charge in [-0.05, 0) is 13.8 Å². The normalized spacial score (nSPS) is 14.2. The number of thiazole rings is 1. The van der Waals surface area contributed by atoms with Crippen LogP contribution in [-0.2, 0) is 16.9 Å². The molecule has 1 heterocycles. The fraction of sp³-hybridized carbons (Fsp3) is 0.750. The van der Waals surface area contributed by atoms with E-state index in [0.717, 1.165) is 23.1 Å². The summed E-state index contributed by atoms with van der Waals surface area (Å²) in [5, 5.41) is -0.157. The summed E-state index contributed by atoms with van der Waals surface area (Å²) in [6.07, 6.45) is 0. The lowest BCUT2D eigenvalue weighted by Gasteiger charge is -2.24. The van der Waals surface area contributed by atoms with Gasteiger partial charge in [0.15, 0.2) is 5.01 Å². The lowest BCUT2D eigenvalue weighted by Crippen LogP contribution is -2.31. The minimum absolute atomic E-state index is 0.157. The van der Waals surface area contributed by atoms with Crippen molar-refractivity contribution in [3.63, 3.8) is 0 Å². The summed E-state index contributed by atoms with van der Waals surface area (Å²) in [4.78, 5) is 4.85. The Balaban J connectivity index is 3.44. The first-order chi connectivity index (χ1) is 7.33. The van der Waals surface area contributed by atoms with Crippen LogP contribution in [0.1, 0.15) is 57.1 Å². The van der Waals surface area contributed by atoms with E-state index < -0.39 is 11.5 Å². The summed E-state index contributed by atoms with van der Waals surface area (Å²) >= 11 is 1.01. The lowest BCUT2D eigenvalue weighted by atomic mass is 9.87. The molecule has 0 spiro atoms. The molecule has 0 aliphatic rings. The van der Waals surface area contributed by atoms with Gasteiger partial charge in [0, 0.05) is 22.8 Å². The Morgan fingerprint density at radius 1 is 1.06 bits per heavy atom. The molecule has 17 heavy (non-hydrogen) atoms. The molecule has 0 bridgehead atoms. The van der Waals surface area contributed by atoms with Crippen molar-refractivity contribution >= 4 is 11.3 Å². The molecule has 0 aliphatic heterocycles. The fourth-order valence-corrected chi connectivity index (χ4v) is 2.67. The highest BCUT2D eigenvalue weighted by atomic mass is 32.1. The van der Waals surface area contributed by atoms with Crippen molar-refractivity contribution in [1.29, 1.82) is 0 Å². The topological polar surface area (TPSA) is 38.9 Å². The van der Waals surface area contributed by atoms with Crippen LogP contribution in [0, 0.1) is 0 Å². The number of nitrogens with zero attached hydrogens (tertiary/aromatic N) is 1. The van der Waals surface area contributed by atoms with Gasteiger partial charge in [-0.25, -0.2) is 4.98 Å². The second-order valence-electron chi connectivity index (χ2n) is 6.06. The van der Waals surface area contributed by atoms with Crippen LogP contribution in [0.15, 0.2) is 0 Å². The molecule has 0 fully saturated rings. The lowest BCUT2D eigenvalue weighted by molar-refractivity contribution is 0.0170. The molecule has 2 N–H and O–H groups in total. The van der Waals surface area contributed by atoms with Crippen LogP contribution in [0.4, 0.5) is 8.78 Å². The van der Waals surface area contributed by atoms with E-state index in [1.54, 1.807) is 0 Å². The Labute approximate surface area is 105 Å². The summed E-state index contributed by atoms with van der Waals surface area (Å²) in [5.74, 6) is -2.91. The van der Waals surface area contributed by atoms with Gasteiger partial charge in [-0.15, -0.1) is 11.3 Å². The van der Waals surface area contributed by atoms with Crippen LogP contribution in [0.25, 0.3) is 0 Å². The Morgan fingerprint density at radius 3 is 1.76 bits per heavy atom. The Bertz CT molecular complexity index is 374. The SMILES string of the molecule is CC(C)(C)c1nc(C(C)(F)F)sc1C(C)(C)N. The first-order valence-corrected chi connectivity index (χ1v) is 6.34. The zero-order valence-corrected chi connectivity index (χ0v) is 12.0. The molecule has 0 amide bonds. The second-order valence-corrected chi connectivity index (χ2v) is 7.06. The number of rotatable bonds is 2. The molecule has 1 aromatic heterocycles. The van der Waals surface area contributed by atoms with Crippen molar-refractivity contribution in [2.45, 2.75) is 58.4 Å². The highest BCUT2D eigenvalue weighted by Crippen LogP contribution is 2.40. The fourth-order valence-electron chi connectivity index (χ4n) is 1.45. The third kappa shape index (κ3) is 3.22. The van der Waals surface area contributed by atoms with Crippen LogP contribution in [0.2, 0.25) is 0 Å². The molecule has 0 aromatic carbocycles. The van der Waals surface area contributed by atoms with Gasteiger partial charge < -0.3 is 5.73 Å². The maximum absolute atomic E-state index is 13.3. The first-order valence-electron chi connectivity index (χ1n) is 5.52. The molecule has 1 aromatic rings. The van der Waals surface area contributed by atoms with Crippen LogP contribution >= 0.6 is 11.3 Å². The number of nitrogens with two attached hydrogens (primary N) is 1. The molecule has 1 rings (SSSR count). The zero-order valence-electron chi connectivity index (χ0n) is 11.2. The largest absolute Gasteiger partial charge is 0.321 e. The molecule has 0 unspecified atom stereocenters. The van der Waals surface area contributed by atoms with E-state index in [2.05, 4.69) is 4.98 Å². The highest BCUT2D eigenvalue weighted by Gasteiger charge is 2.36. The summed E-state index contributed by atoms with van der Waals surface area (Å²) in [7, 11) is 0. The van der Waals surface area contributed by atoms with Crippen molar-refractivity contribution < 1.29 is 8.78 Å². The van der Waals surface area contributed by atoms with Gasteiger partial charge in [0.05, 0.1) is 5.69 Å². The summed E-state index contributed by atoms with van der Waals surface area (Å²) in [5.41, 5.74) is 5.77. The van der Waals surface area contributed by atoms with Gasteiger partial charge in [0.25, 0.3) is 5.92 Å². The Kier molecular flexibility index (Phi) is 3.40. The van der Waals surface area contributed by atoms with E-state index in [4.69, 9.17) is 5.73 Å².